The maximum atomic E-state index is 11.8. The monoisotopic (exact) mass is 273 g/mol. The quantitative estimate of drug-likeness (QED) is 0.506. The Labute approximate surface area is 110 Å². The molecular weight excluding hydrogens is 254 g/mol. The number of likely N-dealkylation sites (tertiary alicyclic amines) is 1. The lowest BCUT2D eigenvalue weighted by Crippen LogP contribution is -2.54. The minimum absolute atomic E-state index is 0.240. The molecule has 0 saturated carbocycles. The van der Waals surface area contributed by atoms with Crippen molar-refractivity contribution in [2.45, 2.75) is 31.9 Å². The van der Waals surface area contributed by atoms with E-state index in [2.05, 4.69) is 5.32 Å². The van der Waals surface area contributed by atoms with E-state index in [0.717, 1.165) is 0 Å². The number of rotatable bonds is 4. The SMILES string of the molecule is C[C@@H](O)[C@H](NC(=O)N1CCC(C(N)=O)CC1)C(=O)O. The van der Waals surface area contributed by atoms with Gasteiger partial charge in [0.1, 0.15) is 0 Å². The third-order valence-corrected chi connectivity index (χ3v) is 3.21. The van der Waals surface area contributed by atoms with E-state index < -0.39 is 24.1 Å². The molecule has 8 nitrogen and oxygen atoms in total. The van der Waals surface area contributed by atoms with Crippen molar-refractivity contribution in [3.05, 3.63) is 0 Å². The number of piperidine rings is 1. The number of carbonyl (C=O) groups excluding carboxylic acids is 2. The molecule has 0 unspecified atom stereocenters. The number of carboxylic acids is 1. The molecule has 3 amide bonds. The fourth-order valence-corrected chi connectivity index (χ4v) is 1.98. The lowest BCUT2D eigenvalue weighted by atomic mass is 9.96. The third-order valence-electron chi connectivity index (χ3n) is 3.21. The zero-order chi connectivity index (χ0) is 14.6. The molecule has 1 aliphatic rings. The van der Waals surface area contributed by atoms with Gasteiger partial charge in [-0.3, -0.25) is 4.79 Å². The first kappa shape index (κ1) is 15.2. The van der Waals surface area contributed by atoms with Crippen LogP contribution in [0.15, 0.2) is 0 Å². The number of aliphatic hydroxyl groups excluding tert-OH is 1. The van der Waals surface area contributed by atoms with E-state index in [9.17, 15) is 19.5 Å². The van der Waals surface area contributed by atoms with Crippen molar-refractivity contribution in [3.63, 3.8) is 0 Å². The number of aliphatic hydroxyl groups is 1. The number of carbonyl (C=O) groups is 3. The molecule has 2 atom stereocenters. The Balaban J connectivity index is 2.51. The van der Waals surface area contributed by atoms with Gasteiger partial charge in [0.25, 0.3) is 0 Å². The van der Waals surface area contributed by atoms with E-state index in [-0.39, 0.29) is 11.8 Å². The summed E-state index contributed by atoms with van der Waals surface area (Å²) in [5.41, 5.74) is 5.18. The Morgan fingerprint density at radius 3 is 2.21 bits per heavy atom. The van der Waals surface area contributed by atoms with Crippen LogP contribution in [0.4, 0.5) is 4.79 Å². The Morgan fingerprint density at radius 2 is 1.84 bits per heavy atom. The molecule has 0 spiro atoms. The molecule has 1 aliphatic heterocycles. The summed E-state index contributed by atoms with van der Waals surface area (Å²) in [7, 11) is 0. The van der Waals surface area contributed by atoms with Crippen LogP contribution < -0.4 is 11.1 Å². The van der Waals surface area contributed by atoms with Gasteiger partial charge in [-0.05, 0) is 19.8 Å². The Hall–Kier alpha value is -1.83. The third kappa shape index (κ3) is 4.09. The number of nitrogens with two attached hydrogens (primary N) is 1. The first-order chi connectivity index (χ1) is 8.82. The molecule has 0 aromatic rings. The molecule has 1 heterocycles. The standard InChI is InChI=1S/C11H19N3O5/c1-6(15)8(10(17)18)13-11(19)14-4-2-7(3-5-14)9(12)16/h6-8,15H,2-5H2,1H3,(H2,12,16)(H,13,19)(H,17,18)/t6-,8+/m1/s1. The summed E-state index contributed by atoms with van der Waals surface area (Å²) in [6, 6.07) is -1.91. The Kier molecular flexibility index (Phi) is 5.11. The van der Waals surface area contributed by atoms with Crippen LogP contribution in [0.25, 0.3) is 0 Å². The van der Waals surface area contributed by atoms with Gasteiger partial charge >= 0.3 is 12.0 Å². The average Bonchev–Trinajstić information content (AvgIpc) is 2.34. The molecule has 1 fully saturated rings. The number of aliphatic carboxylic acids is 1. The predicted molar refractivity (Wildman–Crippen MR) is 65.1 cm³/mol. The van der Waals surface area contributed by atoms with Gasteiger partial charge in [-0.1, -0.05) is 0 Å². The second-order valence-corrected chi connectivity index (χ2v) is 4.67. The van der Waals surface area contributed by atoms with Crippen molar-refractivity contribution in [1.82, 2.24) is 10.2 Å². The van der Waals surface area contributed by atoms with E-state index in [1.807, 2.05) is 0 Å². The van der Waals surface area contributed by atoms with Crippen LogP contribution >= 0.6 is 0 Å². The van der Waals surface area contributed by atoms with Crippen molar-refractivity contribution in [1.29, 1.82) is 0 Å². The molecule has 8 heteroatoms. The van der Waals surface area contributed by atoms with E-state index >= 15 is 0 Å². The minimum Gasteiger partial charge on any atom is -0.480 e. The average molecular weight is 273 g/mol. The maximum absolute atomic E-state index is 11.8. The maximum Gasteiger partial charge on any atom is 0.328 e. The number of carboxylic acid groups (broad SMARTS) is 1. The van der Waals surface area contributed by atoms with Gasteiger partial charge in [-0.2, -0.15) is 0 Å². The van der Waals surface area contributed by atoms with Crippen LogP contribution in [0.5, 0.6) is 0 Å². The van der Waals surface area contributed by atoms with Gasteiger partial charge in [-0.25, -0.2) is 9.59 Å². The molecule has 1 rings (SSSR count). The second kappa shape index (κ2) is 6.37. The molecule has 0 radical (unpaired) electrons. The van der Waals surface area contributed by atoms with Crippen LogP contribution in [-0.4, -0.2) is 58.3 Å². The number of nitrogens with zero attached hydrogens (tertiary/aromatic N) is 1. The number of primary amides is 1. The molecule has 0 aliphatic carbocycles. The summed E-state index contributed by atoms with van der Waals surface area (Å²) < 4.78 is 0. The lowest BCUT2D eigenvalue weighted by molar-refractivity contribution is -0.141. The van der Waals surface area contributed by atoms with Gasteiger partial charge in [0.2, 0.25) is 5.91 Å². The van der Waals surface area contributed by atoms with Gasteiger partial charge in [0, 0.05) is 19.0 Å². The number of amides is 3. The van der Waals surface area contributed by atoms with Gasteiger partial charge in [0.15, 0.2) is 6.04 Å². The van der Waals surface area contributed by atoms with Crippen LogP contribution in [0.1, 0.15) is 19.8 Å². The highest BCUT2D eigenvalue weighted by molar-refractivity contribution is 5.83. The first-order valence-electron chi connectivity index (χ1n) is 6.08. The van der Waals surface area contributed by atoms with Crippen LogP contribution in [-0.2, 0) is 9.59 Å². The fraction of sp³-hybridized carbons (Fsp3) is 0.727. The molecule has 5 N–H and O–H groups in total. The summed E-state index contributed by atoms with van der Waals surface area (Å²) >= 11 is 0. The van der Waals surface area contributed by atoms with Crippen molar-refractivity contribution in [2.24, 2.45) is 11.7 Å². The summed E-state index contributed by atoms with van der Waals surface area (Å²) in [6.07, 6.45) is -0.255. The predicted octanol–water partition coefficient (Wildman–Crippen LogP) is -1.27. The van der Waals surface area contributed by atoms with Crippen LogP contribution in [0.2, 0.25) is 0 Å². The molecule has 108 valence electrons. The highest BCUT2D eigenvalue weighted by atomic mass is 16.4. The molecule has 0 aromatic heterocycles. The molecular formula is C11H19N3O5. The van der Waals surface area contributed by atoms with Crippen LogP contribution in [0.3, 0.4) is 0 Å². The topological polar surface area (TPSA) is 133 Å². The van der Waals surface area contributed by atoms with Gasteiger partial charge in [0.05, 0.1) is 6.10 Å². The minimum atomic E-state index is -1.35. The van der Waals surface area contributed by atoms with E-state index in [1.54, 1.807) is 0 Å². The van der Waals surface area contributed by atoms with E-state index in [4.69, 9.17) is 10.8 Å². The number of nitrogens with one attached hydrogen (secondary N) is 1. The highest BCUT2D eigenvalue weighted by Crippen LogP contribution is 2.16. The largest absolute Gasteiger partial charge is 0.480 e. The highest BCUT2D eigenvalue weighted by Gasteiger charge is 2.30. The lowest BCUT2D eigenvalue weighted by Gasteiger charge is -2.31. The summed E-state index contributed by atoms with van der Waals surface area (Å²) in [6.45, 7) is 1.97. The zero-order valence-corrected chi connectivity index (χ0v) is 10.7. The first-order valence-corrected chi connectivity index (χ1v) is 6.08. The fourth-order valence-electron chi connectivity index (χ4n) is 1.98. The van der Waals surface area contributed by atoms with Crippen molar-refractivity contribution in [2.75, 3.05) is 13.1 Å². The number of hydrogen-bond donors (Lipinski definition) is 4. The van der Waals surface area contributed by atoms with Crippen molar-refractivity contribution >= 4 is 17.9 Å². The van der Waals surface area contributed by atoms with Crippen LogP contribution in [0, 0.1) is 5.92 Å². The van der Waals surface area contributed by atoms with Gasteiger partial charge < -0.3 is 26.2 Å². The second-order valence-electron chi connectivity index (χ2n) is 4.67. The Bertz CT molecular complexity index is 363. The normalized spacial score (nSPS) is 19.6. The molecule has 0 aromatic carbocycles. The Morgan fingerprint density at radius 1 is 1.32 bits per heavy atom. The smallest absolute Gasteiger partial charge is 0.328 e. The van der Waals surface area contributed by atoms with E-state index in [1.165, 1.54) is 11.8 Å². The number of hydrogen-bond acceptors (Lipinski definition) is 4. The molecule has 0 bridgehead atoms. The zero-order valence-electron chi connectivity index (χ0n) is 10.7. The van der Waals surface area contributed by atoms with Gasteiger partial charge in [-0.15, -0.1) is 0 Å². The van der Waals surface area contributed by atoms with Crippen molar-refractivity contribution < 1.29 is 24.6 Å². The summed E-state index contributed by atoms with van der Waals surface area (Å²) in [4.78, 5) is 35.1. The number of urea groups is 1. The van der Waals surface area contributed by atoms with Crippen molar-refractivity contribution in [3.8, 4) is 0 Å². The van der Waals surface area contributed by atoms with E-state index in [0.29, 0.717) is 25.9 Å². The summed E-state index contributed by atoms with van der Waals surface area (Å²) in [5.74, 6) is -1.92. The molecule has 1 saturated heterocycles. The molecule has 19 heavy (non-hydrogen) atoms. The summed E-state index contributed by atoms with van der Waals surface area (Å²) in [5, 5.41) is 20.4.